The first kappa shape index (κ1) is 13.2. The molecule has 0 aliphatic rings. The van der Waals surface area contributed by atoms with Gasteiger partial charge in [0.2, 0.25) is 0 Å². The molecule has 0 aromatic carbocycles. The van der Waals surface area contributed by atoms with Crippen LogP contribution in [0.5, 0.6) is 0 Å². The minimum absolute atomic E-state index is 0. The monoisotopic (exact) mass is 174 g/mol. The van der Waals surface area contributed by atoms with Gasteiger partial charge in [0.1, 0.15) is 0 Å². The molecular weight excluding hydrogens is 170 g/mol. The van der Waals surface area contributed by atoms with Crippen molar-refractivity contribution in [3.8, 4) is 0 Å². The molecule has 0 heterocycles. The fourth-order valence-electron chi connectivity index (χ4n) is 0.146. The van der Waals surface area contributed by atoms with Crippen molar-refractivity contribution in [3.63, 3.8) is 0 Å². The summed E-state index contributed by atoms with van der Waals surface area (Å²) < 4.78 is 3.38. The summed E-state index contributed by atoms with van der Waals surface area (Å²) in [7, 11) is -2.37. The van der Waals surface area contributed by atoms with Crippen LogP contribution in [-0.2, 0) is 14.2 Å². The van der Waals surface area contributed by atoms with E-state index in [1.54, 1.807) is 0 Å². The van der Waals surface area contributed by atoms with Gasteiger partial charge in [-0.15, -0.1) is 0 Å². The van der Waals surface area contributed by atoms with Gasteiger partial charge < -0.3 is 19.8 Å². The molecule has 0 bridgehead atoms. The van der Waals surface area contributed by atoms with Crippen molar-refractivity contribution in [3.05, 3.63) is 0 Å². The molecule has 0 fully saturated rings. The van der Waals surface area contributed by atoms with Gasteiger partial charge >= 0.3 is 70.6 Å². The van der Waals surface area contributed by atoms with Crippen LogP contribution in [0.15, 0.2) is 0 Å². The van der Waals surface area contributed by atoms with Gasteiger partial charge in [-0.05, 0) is 0 Å². The van der Waals surface area contributed by atoms with Crippen molar-refractivity contribution in [1.29, 1.82) is 0 Å². The zero-order valence-corrected chi connectivity index (χ0v) is 4.14. The summed E-state index contributed by atoms with van der Waals surface area (Å²) >= 11 is 0. The van der Waals surface area contributed by atoms with Crippen LogP contribution in [0.2, 0.25) is 0 Å². The van der Waals surface area contributed by atoms with Crippen molar-refractivity contribution in [2.24, 2.45) is 0 Å². The van der Waals surface area contributed by atoms with Gasteiger partial charge in [-0.1, -0.05) is 0 Å². The number of carbonyl (C=O) groups is 2. The Morgan fingerprint density at radius 3 is 1.80 bits per heavy atom. The Kier molecular flexibility index (Phi) is 8.28. The summed E-state index contributed by atoms with van der Waals surface area (Å²) in [5, 5.41) is 23.4. The van der Waals surface area contributed by atoms with E-state index >= 15 is 0 Å². The van der Waals surface area contributed by atoms with Crippen LogP contribution in [0.25, 0.3) is 0 Å². The zero-order valence-electron chi connectivity index (χ0n) is 4.14. The van der Waals surface area contributed by atoms with Crippen LogP contribution in [0, 0.1) is 0 Å². The summed E-state index contributed by atoms with van der Waals surface area (Å²) in [5.74, 6) is -3.58. The fraction of sp³-hybridized carbons (Fsp3) is 0. The molecule has 0 aromatic rings. The summed E-state index contributed by atoms with van der Waals surface area (Å²) in [5.41, 5.74) is 0. The van der Waals surface area contributed by atoms with Crippen LogP contribution >= 0.6 is 0 Å². The van der Waals surface area contributed by atoms with Gasteiger partial charge in [0, 0.05) is 0 Å². The molecule has 0 radical (unpaired) electrons. The van der Waals surface area contributed by atoms with Gasteiger partial charge in [0.15, 0.2) is 0 Å². The van der Waals surface area contributed by atoms with Gasteiger partial charge in [-0.2, -0.15) is 0 Å². The second kappa shape index (κ2) is 6.28. The van der Waals surface area contributed by atoms with Gasteiger partial charge in [0.25, 0.3) is 0 Å². The first-order chi connectivity index (χ1) is 4.04. The Balaban J connectivity index is 0. The molecule has 0 spiro atoms. The molecule has 3 N–H and O–H groups in total. The van der Waals surface area contributed by atoms with E-state index in [1.807, 2.05) is 0 Å². The van der Waals surface area contributed by atoms with Gasteiger partial charge in [-0.3, -0.25) is 0 Å². The van der Waals surface area contributed by atoms with Crippen molar-refractivity contribution in [2.75, 3.05) is 0 Å². The first-order valence-corrected chi connectivity index (χ1v) is 1.84. The van der Waals surface area contributed by atoms with Crippen molar-refractivity contribution < 1.29 is 29.4 Å². The van der Waals surface area contributed by atoms with Crippen LogP contribution in [0.3, 0.4) is 0 Å². The minimum atomic E-state index is -2.37. The number of carboxylic acids is 1. The van der Waals surface area contributed by atoms with E-state index < -0.39 is 19.3 Å². The van der Waals surface area contributed by atoms with E-state index in [4.69, 9.17) is 15.2 Å². The summed E-state index contributed by atoms with van der Waals surface area (Å²) in [6, 6.07) is 0. The first-order valence-electron chi connectivity index (χ1n) is 1.84. The Morgan fingerprint density at radius 1 is 1.30 bits per heavy atom. The molecule has 0 amide bonds. The molecule has 10 heavy (non-hydrogen) atoms. The molecule has 8 heteroatoms. The molecule has 0 saturated heterocycles. The molecule has 0 atom stereocenters. The number of carboxylic acid groups (broad SMARTS) is 1. The predicted molar refractivity (Wildman–Crippen MR) is 31.1 cm³/mol. The number of rotatable bonds is 1. The summed E-state index contributed by atoms with van der Waals surface area (Å²) in [6.45, 7) is 0. The standard InChI is InChI=1S/C2H3BO6.K.H/c4-1(5)2(6)9-3(7)8;;/h7-8H,(H,4,5);;. The van der Waals surface area contributed by atoms with E-state index in [2.05, 4.69) is 4.65 Å². The van der Waals surface area contributed by atoms with Gasteiger partial charge in [-0.25, -0.2) is 9.59 Å². The normalized spacial score (nSPS) is 7.40. The Bertz CT molecular complexity index is 134. The number of hydrogen-bond acceptors (Lipinski definition) is 5. The third-order valence-electron chi connectivity index (χ3n) is 0.387. The van der Waals surface area contributed by atoms with E-state index in [0.29, 0.717) is 0 Å². The average molecular weight is 174 g/mol. The van der Waals surface area contributed by atoms with E-state index in [1.165, 1.54) is 0 Å². The average Bonchev–Trinajstić information content (AvgIpc) is 1.63. The van der Waals surface area contributed by atoms with Gasteiger partial charge in [0.05, 0.1) is 0 Å². The fourth-order valence-corrected chi connectivity index (χ4v) is 0.146. The SMILES string of the molecule is O=C(O)C(=O)OB(O)O.[KH]. The summed E-state index contributed by atoms with van der Waals surface area (Å²) in [4.78, 5) is 19.3. The van der Waals surface area contributed by atoms with Crippen molar-refractivity contribution in [1.82, 2.24) is 0 Å². The molecule has 52 valence electrons. The molecule has 6 nitrogen and oxygen atoms in total. The van der Waals surface area contributed by atoms with E-state index in [0.717, 1.165) is 0 Å². The third-order valence-corrected chi connectivity index (χ3v) is 0.387. The Labute approximate surface area is 98.8 Å². The maximum atomic E-state index is 9.81. The molecule has 0 aliphatic heterocycles. The van der Waals surface area contributed by atoms with Crippen LogP contribution in [0.1, 0.15) is 0 Å². The summed E-state index contributed by atoms with van der Waals surface area (Å²) in [6.07, 6.45) is 0. The Morgan fingerprint density at radius 2 is 1.70 bits per heavy atom. The quantitative estimate of drug-likeness (QED) is 0.288. The topological polar surface area (TPSA) is 104 Å². The number of hydrogen-bond donors (Lipinski definition) is 3. The molecule has 0 rings (SSSR count). The van der Waals surface area contributed by atoms with E-state index in [9.17, 15) is 9.59 Å². The Hall–Kier alpha value is 0.561. The molecule has 0 unspecified atom stereocenters. The molecule has 0 aliphatic carbocycles. The van der Waals surface area contributed by atoms with E-state index in [-0.39, 0.29) is 51.4 Å². The molecule has 0 saturated carbocycles. The number of carbonyl (C=O) groups excluding carboxylic acids is 1. The number of aliphatic carboxylic acids is 1. The maximum absolute atomic E-state index is 9.81. The third kappa shape index (κ3) is 6.68. The van der Waals surface area contributed by atoms with Crippen LogP contribution in [0.4, 0.5) is 0 Å². The molecule has 0 aromatic heterocycles. The van der Waals surface area contributed by atoms with Crippen molar-refractivity contribution in [2.45, 2.75) is 0 Å². The zero-order chi connectivity index (χ0) is 7.44. The molecular formula is C2H4BKO6. The van der Waals surface area contributed by atoms with Crippen LogP contribution in [-0.4, -0.2) is 85.8 Å². The van der Waals surface area contributed by atoms with Crippen molar-refractivity contribution >= 4 is 70.6 Å². The second-order valence-electron chi connectivity index (χ2n) is 1.04. The van der Waals surface area contributed by atoms with Crippen LogP contribution < -0.4 is 0 Å². The second-order valence-corrected chi connectivity index (χ2v) is 1.04. The predicted octanol–water partition coefficient (Wildman–Crippen LogP) is -3.06.